The van der Waals surface area contributed by atoms with Gasteiger partial charge in [0, 0.05) is 19.3 Å². The van der Waals surface area contributed by atoms with Gasteiger partial charge in [-0.25, -0.2) is 0 Å². The summed E-state index contributed by atoms with van der Waals surface area (Å²) >= 11 is 0. The number of carbonyl (C=O) groups excluding carboxylic acids is 3. The van der Waals surface area contributed by atoms with Crippen molar-refractivity contribution in [2.75, 3.05) is 13.2 Å². The number of hydrogen-bond acceptors (Lipinski definition) is 6. The monoisotopic (exact) mass is 881 g/mol. The third-order valence-corrected chi connectivity index (χ3v) is 11.5. The Labute approximate surface area is 390 Å². The van der Waals surface area contributed by atoms with E-state index in [0.717, 1.165) is 83.5 Å². The van der Waals surface area contributed by atoms with Crippen molar-refractivity contribution < 1.29 is 28.6 Å². The van der Waals surface area contributed by atoms with Gasteiger partial charge in [0.15, 0.2) is 6.10 Å². The fraction of sp³-hybridized carbons (Fsp3) is 0.772. The van der Waals surface area contributed by atoms with Crippen molar-refractivity contribution >= 4 is 17.9 Å². The largest absolute Gasteiger partial charge is 0.462 e. The van der Waals surface area contributed by atoms with Crippen LogP contribution in [0, 0.1) is 0 Å². The Hall–Kier alpha value is -2.89. The summed E-state index contributed by atoms with van der Waals surface area (Å²) in [7, 11) is 0. The Morgan fingerprint density at radius 1 is 0.333 bits per heavy atom. The van der Waals surface area contributed by atoms with Gasteiger partial charge in [-0.05, 0) is 103 Å². The number of allylic oxidation sites excluding steroid dienone is 10. The smallest absolute Gasteiger partial charge is 0.306 e. The first kappa shape index (κ1) is 60.1. The second-order valence-corrected chi connectivity index (χ2v) is 17.7. The molecule has 0 aromatic rings. The van der Waals surface area contributed by atoms with Crippen LogP contribution in [-0.4, -0.2) is 37.2 Å². The SMILES string of the molecule is CC/C=C\C/C=C\CCCCC(=O)OCC(COC(=O)CCCCCCCCC/C=C\CCCCCCCCCC)OC(=O)CCCCCCCCC/C=C\C/C=C\CCCCC. The lowest BCUT2D eigenvalue weighted by molar-refractivity contribution is -0.167. The summed E-state index contributed by atoms with van der Waals surface area (Å²) in [5, 5.41) is 0. The number of esters is 3. The maximum absolute atomic E-state index is 12.8. The van der Waals surface area contributed by atoms with Crippen LogP contribution >= 0.6 is 0 Å². The standard InChI is InChI=1S/C57H100O6/c1-4-7-10-13-16-19-21-23-25-27-28-30-31-33-35-38-41-44-47-50-56(59)62-53-54(52-61-55(58)49-46-43-40-37-18-15-12-9-6-3)63-57(60)51-48-45-42-39-36-34-32-29-26-24-22-20-17-14-11-8-5-2/h9,12,17-18,20,24,26-28,37,54H,4-8,10-11,13-16,19,21-23,25,29-36,38-53H2,1-3H3/b12-9-,20-17-,26-24-,28-27-,37-18-. The first-order valence-corrected chi connectivity index (χ1v) is 26.8. The number of unbranched alkanes of at least 4 members (excludes halogenated alkanes) is 27. The third-order valence-electron chi connectivity index (χ3n) is 11.5. The molecule has 0 saturated heterocycles. The van der Waals surface area contributed by atoms with E-state index in [4.69, 9.17) is 14.2 Å². The third kappa shape index (κ3) is 50.0. The van der Waals surface area contributed by atoms with Crippen LogP contribution in [-0.2, 0) is 28.6 Å². The van der Waals surface area contributed by atoms with Crippen molar-refractivity contribution in [3.05, 3.63) is 60.8 Å². The average molecular weight is 881 g/mol. The lowest BCUT2D eigenvalue weighted by Crippen LogP contribution is -2.30. The van der Waals surface area contributed by atoms with E-state index in [1.807, 2.05) is 0 Å². The molecule has 0 saturated carbocycles. The number of hydrogen-bond donors (Lipinski definition) is 0. The zero-order valence-corrected chi connectivity index (χ0v) is 41.6. The fourth-order valence-corrected chi connectivity index (χ4v) is 7.45. The van der Waals surface area contributed by atoms with E-state index < -0.39 is 6.10 Å². The van der Waals surface area contributed by atoms with Crippen LogP contribution in [0.4, 0.5) is 0 Å². The van der Waals surface area contributed by atoms with Gasteiger partial charge in [0.05, 0.1) is 0 Å². The van der Waals surface area contributed by atoms with Crippen LogP contribution in [0.25, 0.3) is 0 Å². The summed E-state index contributed by atoms with van der Waals surface area (Å²) in [6.45, 7) is 6.46. The number of rotatable bonds is 48. The van der Waals surface area contributed by atoms with Gasteiger partial charge in [-0.15, -0.1) is 0 Å². The molecule has 1 atom stereocenters. The van der Waals surface area contributed by atoms with Gasteiger partial charge in [0.2, 0.25) is 0 Å². The van der Waals surface area contributed by atoms with Crippen molar-refractivity contribution in [3.8, 4) is 0 Å². The van der Waals surface area contributed by atoms with Crippen LogP contribution < -0.4 is 0 Å². The quantitative estimate of drug-likeness (QED) is 0.0262. The van der Waals surface area contributed by atoms with Gasteiger partial charge >= 0.3 is 17.9 Å². The fourth-order valence-electron chi connectivity index (χ4n) is 7.45. The maximum atomic E-state index is 12.8. The minimum Gasteiger partial charge on any atom is -0.462 e. The Balaban J connectivity index is 4.32. The van der Waals surface area contributed by atoms with E-state index in [1.165, 1.54) is 141 Å². The molecule has 0 rings (SSSR count). The van der Waals surface area contributed by atoms with Gasteiger partial charge in [-0.3, -0.25) is 14.4 Å². The Morgan fingerprint density at radius 2 is 0.619 bits per heavy atom. The molecule has 0 spiro atoms. The van der Waals surface area contributed by atoms with Gasteiger partial charge in [0.25, 0.3) is 0 Å². The van der Waals surface area contributed by atoms with Crippen LogP contribution in [0.3, 0.4) is 0 Å². The minimum absolute atomic E-state index is 0.0896. The normalized spacial score (nSPS) is 12.5. The second-order valence-electron chi connectivity index (χ2n) is 17.7. The van der Waals surface area contributed by atoms with Crippen molar-refractivity contribution in [1.82, 2.24) is 0 Å². The second kappa shape index (κ2) is 51.7. The molecule has 0 heterocycles. The summed E-state index contributed by atoms with van der Waals surface area (Å²) in [5.74, 6) is -0.935. The Morgan fingerprint density at radius 3 is 1.03 bits per heavy atom. The first-order valence-electron chi connectivity index (χ1n) is 26.8. The van der Waals surface area contributed by atoms with Crippen LogP contribution in [0.5, 0.6) is 0 Å². The van der Waals surface area contributed by atoms with Gasteiger partial charge < -0.3 is 14.2 Å². The predicted octanol–water partition coefficient (Wildman–Crippen LogP) is 17.6. The number of ether oxygens (including phenoxy) is 3. The summed E-state index contributed by atoms with van der Waals surface area (Å²) in [4.78, 5) is 37.9. The summed E-state index contributed by atoms with van der Waals surface area (Å²) in [6.07, 6.45) is 63.6. The molecule has 0 aliphatic rings. The molecule has 0 aromatic heterocycles. The van der Waals surface area contributed by atoms with Crippen molar-refractivity contribution in [2.24, 2.45) is 0 Å². The Bertz CT molecular complexity index is 1150. The molecule has 364 valence electrons. The first-order chi connectivity index (χ1) is 31.0. The lowest BCUT2D eigenvalue weighted by Gasteiger charge is -2.18. The molecular weight excluding hydrogens is 781 g/mol. The highest BCUT2D eigenvalue weighted by atomic mass is 16.6. The van der Waals surface area contributed by atoms with Crippen molar-refractivity contribution in [2.45, 2.75) is 271 Å². The molecule has 0 amide bonds. The van der Waals surface area contributed by atoms with Crippen molar-refractivity contribution in [3.63, 3.8) is 0 Å². The zero-order valence-electron chi connectivity index (χ0n) is 41.6. The summed E-state index contributed by atoms with van der Waals surface area (Å²) < 4.78 is 16.7. The highest BCUT2D eigenvalue weighted by molar-refractivity contribution is 5.71. The van der Waals surface area contributed by atoms with E-state index >= 15 is 0 Å². The van der Waals surface area contributed by atoms with E-state index in [2.05, 4.69) is 81.5 Å². The van der Waals surface area contributed by atoms with Gasteiger partial charge in [-0.1, -0.05) is 204 Å². The highest BCUT2D eigenvalue weighted by Gasteiger charge is 2.19. The van der Waals surface area contributed by atoms with Crippen LogP contribution in [0.2, 0.25) is 0 Å². The summed E-state index contributed by atoms with van der Waals surface area (Å²) in [6, 6.07) is 0. The molecule has 6 heteroatoms. The summed E-state index contributed by atoms with van der Waals surface area (Å²) in [5.41, 5.74) is 0. The average Bonchev–Trinajstić information content (AvgIpc) is 3.28. The zero-order chi connectivity index (χ0) is 45.8. The minimum atomic E-state index is -0.791. The van der Waals surface area contributed by atoms with Crippen LogP contribution in [0.15, 0.2) is 60.8 Å². The van der Waals surface area contributed by atoms with Crippen LogP contribution in [0.1, 0.15) is 265 Å². The van der Waals surface area contributed by atoms with E-state index in [9.17, 15) is 14.4 Å². The molecular formula is C57H100O6. The molecule has 6 nitrogen and oxygen atoms in total. The van der Waals surface area contributed by atoms with Gasteiger partial charge in [-0.2, -0.15) is 0 Å². The van der Waals surface area contributed by atoms with Gasteiger partial charge in [0.1, 0.15) is 13.2 Å². The Kier molecular flexibility index (Phi) is 49.4. The topological polar surface area (TPSA) is 78.9 Å². The molecule has 0 radical (unpaired) electrons. The molecule has 0 N–H and O–H groups in total. The maximum Gasteiger partial charge on any atom is 0.306 e. The van der Waals surface area contributed by atoms with E-state index in [-0.39, 0.29) is 31.1 Å². The van der Waals surface area contributed by atoms with Crippen molar-refractivity contribution in [1.29, 1.82) is 0 Å². The van der Waals surface area contributed by atoms with E-state index in [1.54, 1.807) is 0 Å². The molecule has 63 heavy (non-hydrogen) atoms. The van der Waals surface area contributed by atoms with E-state index in [0.29, 0.717) is 19.3 Å². The molecule has 0 aromatic carbocycles. The predicted molar refractivity (Wildman–Crippen MR) is 270 cm³/mol. The molecule has 1 unspecified atom stereocenters. The molecule has 0 aliphatic carbocycles. The highest BCUT2D eigenvalue weighted by Crippen LogP contribution is 2.15. The lowest BCUT2D eigenvalue weighted by atomic mass is 10.1. The molecule has 0 bridgehead atoms. The molecule has 0 aliphatic heterocycles. The molecule has 0 fully saturated rings. The number of carbonyl (C=O) groups is 3.